The Morgan fingerprint density at radius 3 is 2.33 bits per heavy atom. The van der Waals surface area contributed by atoms with Crippen LogP contribution in [0.15, 0.2) is 0 Å². The second-order valence-corrected chi connectivity index (χ2v) is 7.05. The van der Waals surface area contributed by atoms with E-state index in [2.05, 4.69) is 30.6 Å². The van der Waals surface area contributed by atoms with Crippen molar-refractivity contribution < 1.29 is 14.3 Å². The Morgan fingerprint density at radius 2 is 1.76 bits per heavy atom. The first-order valence-electron chi connectivity index (χ1n) is 8.18. The fourth-order valence-electron chi connectivity index (χ4n) is 3.00. The largest absolute Gasteiger partial charge is 0.464 e. The Balaban J connectivity index is 1.63. The highest BCUT2D eigenvalue weighted by Gasteiger charge is 2.30. The summed E-state index contributed by atoms with van der Waals surface area (Å²) >= 11 is 0. The van der Waals surface area contributed by atoms with E-state index in [9.17, 15) is 4.79 Å². The standard InChI is InChI=1S/C16H30N2O3/c1-16(2,3)18-6-4-14(5-7-18)15(19)21-13-10-17-8-11-20-12-9-17/h14H,4-13H2,1-3H3. The summed E-state index contributed by atoms with van der Waals surface area (Å²) in [6.45, 7) is 13.5. The number of carbonyl (C=O) groups is 1. The number of esters is 1. The number of rotatable bonds is 4. The van der Waals surface area contributed by atoms with Crippen molar-refractivity contribution in [1.82, 2.24) is 9.80 Å². The summed E-state index contributed by atoms with van der Waals surface area (Å²) in [5, 5.41) is 0. The van der Waals surface area contributed by atoms with Gasteiger partial charge < -0.3 is 9.47 Å². The van der Waals surface area contributed by atoms with Gasteiger partial charge in [-0.1, -0.05) is 0 Å². The van der Waals surface area contributed by atoms with Crippen LogP contribution < -0.4 is 0 Å². The van der Waals surface area contributed by atoms with E-state index < -0.39 is 0 Å². The molecular weight excluding hydrogens is 268 g/mol. The van der Waals surface area contributed by atoms with Crippen LogP contribution >= 0.6 is 0 Å². The fraction of sp³-hybridized carbons (Fsp3) is 0.938. The molecule has 2 heterocycles. The van der Waals surface area contributed by atoms with Gasteiger partial charge in [0.05, 0.1) is 19.1 Å². The Bertz CT molecular complexity index is 327. The zero-order chi connectivity index (χ0) is 15.3. The van der Waals surface area contributed by atoms with Gasteiger partial charge in [-0.3, -0.25) is 14.6 Å². The van der Waals surface area contributed by atoms with Crippen molar-refractivity contribution in [2.75, 3.05) is 52.5 Å². The number of likely N-dealkylation sites (tertiary alicyclic amines) is 1. The minimum absolute atomic E-state index is 0.00295. The zero-order valence-corrected chi connectivity index (χ0v) is 13.8. The Morgan fingerprint density at radius 1 is 1.14 bits per heavy atom. The van der Waals surface area contributed by atoms with Crippen LogP contribution in [0, 0.1) is 5.92 Å². The lowest BCUT2D eigenvalue weighted by atomic mass is 9.93. The van der Waals surface area contributed by atoms with Gasteiger partial charge in [0.25, 0.3) is 0 Å². The van der Waals surface area contributed by atoms with Crippen molar-refractivity contribution in [3.63, 3.8) is 0 Å². The molecule has 0 atom stereocenters. The molecule has 0 radical (unpaired) electrons. The number of morpholine rings is 1. The van der Waals surface area contributed by atoms with E-state index in [0.29, 0.717) is 6.61 Å². The van der Waals surface area contributed by atoms with E-state index in [1.165, 1.54) is 0 Å². The monoisotopic (exact) mass is 298 g/mol. The number of carbonyl (C=O) groups excluding carboxylic acids is 1. The van der Waals surface area contributed by atoms with E-state index in [1.807, 2.05) is 0 Å². The lowest BCUT2D eigenvalue weighted by Gasteiger charge is -2.40. The van der Waals surface area contributed by atoms with Crippen LogP contribution in [0.25, 0.3) is 0 Å². The van der Waals surface area contributed by atoms with Gasteiger partial charge in [-0.2, -0.15) is 0 Å². The highest BCUT2D eigenvalue weighted by atomic mass is 16.5. The Hall–Kier alpha value is -0.650. The molecule has 21 heavy (non-hydrogen) atoms. The van der Waals surface area contributed by atoms with E-state index in [1.54, 1.807) is 0 Å². The lowest BCUT2D eigenvalue weighted by molar-refractivity contribution is -0.151. The smallest absolute Gasteiger partial charge is 0.309 e. The summed E-state index contributed by atoms with van der Waals surface area (Å²) in [7, 11) is 0. The molecule has 0 aliphatic carbocycles. The minimum Gasteiger partial charge on any atom is -0.464 e. The van der Waals surface area contributed by atoms with Crippen LogP contribution in [0.4, 0.5) is 0 Å². The summed E-state index contributed by atoms with van der Waals surface area (Å²) in [6.07, 6.45) is 1.85. The zero-order valence-electron chi connectivity index (χ0n) is 13.8. The number of piperidine rings is 1. The van der Waals surface area contributed by atoms with Crippen molar-refractivity contribution in [2.24, 2.45) is 5.92 Å². The van der Waals surface area contributed by atoms with E-state index in [0.717, 1.165) is 58.8 Å². The molecule has 0 amide bonds. The average Bonchev–Trinajstić information content (AvgIpc) is 2.47. The first kappa shape index (κ1) is 16.7. The molecule has 2 rings (SSSR count). The second-order valence-electron chi connectivity index (χ2n) is 7.05. The fourth-order valence-corrected chi connectivity index (χ4v) is 3.00. The van der Waals surface area contributed by atoms with Gasteiger partial charge in [-0.25, -0.2) is 0 Å². The predicted octanol–water partition coefficient (Wildman–Crippen LogP) is 1.37. The maximum atomic E-state index is 12.1. The molecular formula is C16H30N2O3. The van der Waals surface area contributed by atoms with Crippen molar-refractivity contribution in [1.29, 1.82) is 0 Å². The maximum absolute atomic E-state index is 12.1. The highest BCUT2D eigenvalue weighted by molar-refractivity contribution is 5.72. The molecule has 5 heteroatoms. The van der Waals surface area contributed by atoms with Crippen LogP contribution in [-0.4, -0.2) is 73.9 Å². The van der Waals surface area contributed by atoms with Gasteiger partial charge in [0.2, 0.25) is 0 Å². The lowest BCUT2D eigenvalue weighted by Crippen LogP contribution is -2.47. The molecule has 0 spiro atoms. The first-order chi connectivity index (χ1) is 9.97. The van der Waals surface area contributed by atoms with Crippen molar-refractivity contribution >= 4 is 5.97 Å². The molecule has 2 saturated heterocycles. The molecule has 2 aliphatic heterocycles. The molecule has 0 N–H and O–H groups in total. The third-order valence-electron chi connectivity index (χ3n) is 4.53. The third kappa shape index (κ3) is 5.24. The van der Waals surface area contributed by atoms with Gasteiger partial charge in [-0.05, 0) is 46.7 Å². The summed E-state index contributed by atoms with van der Waals surface area (Å²) < 4.78 is 10.8. The summed E-state index contributed by atoms with van der Waals surface area (Å²) in [5.74, 6) is 0.0881. The molecule has 0 aromatic rings. The van der Waals surface area contributed by atoms with Crippen LogP contribution in [0.2, 0.25) is 0 Å². The molecule has 5 nitrogen and oxygen atoms in total. The summed E-state index contributed by atoms with van der Waals surface area (Å²) in [5.41, 5.74) is 0.200. The second kappa shape index (κ2) is 7.56. The predicted molar refractivity (Wildman–Crippen MR) is 82.3 cm³/mol. The topological polar surface area (TPSA) is 42.0 Å². The van der Waals surface area contributed by atoms with Crippen LogP contribution in [0.5, 0.6) is 0 Å². The van der Waals surface area contributed by atoms with Crippen molar-refractivity contribution in [2.45, 2.75) is 39.2 Å². The Kier molecular flexibility index (Phi) is 6.02. The molecule has 2 fully saturated rings. The molecule has 122 valence electrons. The van der Waals surface area contributed by atoms with Gasteiger partial charge in [0, 0.05) is 25.2 Å². The van der Waals surface area contributed by atoms with Gasteiger partial charge in [-0.15, -0.1) is 0 Å². The molecule has 0 saturated carbocycles. The van der Waals surface area contributed by atoms with E-state index in [-0.39, 0.29) is 17.4 Å². The van der Waals surface area contributed by atoms with E-state index in [4.69, 9.17) is 9.47 Å². The van der Waals surface area contributed by atoms with Crippen molar-refractivity contribution in [3.8, 4) is 0 Å². The van der Waals surface area contributed by atoms with Gasteiger partial charge >= 0.3 is 5.97 Å². The average molecular weight is 298 g/mol. The minimum atomic E-state index is -0.00295. The maximum Gasteiger partial charge on any atom is 0.309 e. The molecule has 2 aliphatic rings. The molecule has 0 unspecified atom stereocenters. The third-order valence-corrected chi connectivity index (χ3v) is 4.53. The quantitative estimate of drug-likeness (QED) is 0.733. The summed E-state index contributed by atoms with van der Waals surface area (Å²) in [6, 6.07) is 0. The Labute approximate surface area is 128 Å². The van der Waals surface area contributed by atoms with Crippen molar-refractivity contribution in [3.05, 3.63) is 0 Å². The molecule has 0 aromatic carbocycles. The normalized spacial score (nSPS) is 23.2. The summed E-state index contributed by atoms with van der Waals surface area (Å²) in [4.78, 5) is 16.9. The van der Waals surface area contributed by atoms with Gasteiger partial charge in [0.1, 0.15) is 6.61 Å². The number of hydrogen-bond acceptors (Lipinski definition) is 5. The highest BCUT2D eigenvalue weighted by Crippen LogP contribution is 2.24. The molecule has 0 bridgehead atoms. The van der Waals surface area contributed by atoms with Crippen LogP contribution in [-0.2, 0) is 14.3 Å². The van der Waals surface area contributed by atoms with E-state index >= 15 is 0 Å². The van der Waals surface area contributed by atoms with Crippen LogP contribution in [0.3, 0.4) is 0 Å². The number of ether oxygens (including phenoxy) is 2. The number of nitrogens with zero attached hydrogens (tertiary/aromatic N) is 2. The van der Waals surface area contributed by atoms with Crippen LogP contribution in [0.1, 0.15) is 33.6 Å². The molecule has 0 aromatic heterocycles. The first-order valence-corrected chi connectivity index (χ1v) is 8.18. The number of hydrogen-bond donors (Lipinski definition) is 0. The SMILES string of the molecule is CC(C)(C)N1CCC(C(=O)OCCN2CCOCC2)CC1. The van der Waals surface area contributed by atoms with Gasteiger partial charge in [0.15, 0.2) is 0 Å².